The standard InChI is InChI=1S/C18H19N3O5S/c1-10(26-13-8-4-3-7-12(13)21(24)25)17(23)20-18-15(16(19)22)11-6-2-5-9-14(11)27-18/h3-4,7-8,10H,2,5-6,9H2,1H3,(H2,19,22)(H,20,23). The smallest absolute Gasteiger partial charge is 0.310 e. The molecule has 2 aromatic rings. The van der Waals surface area contributed by atoms with E-state index in [1.807, 2.05) is 0 Å². The van der Waals surface area contributed by atoms with Crippen molar-refractivity contribution in [3.8, 4) is 5.75 Å². The molecule has 0 fully saturated rings. The first-order chi connectivity index (χ1) is 12.9. The molecule has 1 heterocycles. The minimum absolute atomic E-state index is 0.00532. The predicted molar refractivity (Wildman–Crippen MR) is 101 cm³/mol. The summed E-state index contributed by atoms with van der Waals surface area (Å²) in [7, 11) is 0. The Hall–Kier alpha value is -2.94. The molecular weight excluding hydrogens is 370 g/mol. The van der Waals surface area contributed by atoms with Crippen molar-refractivity contribution in [3.63, 3.8) is 0 Å². The third-order valence-electron chi connectivity index (χ3n) is 4.39. The van der Waals surface area contributed by atoms with Crippen molar-refractivity contribution in [3.05, 3.63) is 50.4 Å². The van der Waals surface area contributed by atoms with Crippen molar-refractivity contribution in [2.75, 3.05) is 5.32 Å². The van der Waals surface area contributed by atoms with Crippen LogP contribution in [0.15, 0.2) is 24.3 Å². The SMILES string of the molecule is CC(Oc1ccccc1[N+](=O)[O-])C(=O)Nc1sc2c(c1C(N)=O)CCCC2. The number of nitro groups is 1. The topological polar surface area (TPSA) is 125 Å². The average Bonchev–Trinajstić information content (AvgIpc) is 2.99. The number of nitrogens with two attached hydrogens (primary N) is 1. The summed E-state index contributed by atoms with van der Waals surface area (Å²) in [5, 5.41) is 14.2. The van der Waals surface area contributed by atoms with Crippen LogP contribution in [0.25, 0.3) is 0 Å². The quantitative estimate of drug-likeness (QED) is 0.580. The van der Waals surface area contributed by atoms with Crippen LogP contribution in [0.5, 0.6) is 5.75 Å². The van der Waals surface area contributed by atoms with E-state index >= 15 is 0 Å². The summed E-state index contributed by atoms with van der Waals surface area (Å²) in [6.07, 6.45) is 2.65. The third-order valence-corrected chi connectivity index (χ3v) is 5.60. The molecule has 8 nitrogen and oxygen atoms in total. The summed E-state index contributed by atoms with van der Waals surface area (Å²) >= 11 is 1.35. The molecule has 142 valence electrons. The normalized spacial score (nSPS) is 14.1. The minimum Gasteiger partial charge on any atom is -0.474 e. The molecule has 0 saturated heterocycles. The van der Waals surface area contributed by atoms with E-state index in [9.17, 15) is 19.7 Å². The van der Waals surface area contributed by atoms with Gasteiger partial charge in [-0.3, -0.25) is 19.7 Å². The zero-order valence-electron chi connectivity index (χ0n) is 14.7. The number of nitro benzene ring substituents is 1. The molecule has 1 aromatic heterocycles. The Labute approximate surface area is 159 Å². The van der Waals surface area contributed by atoms with E-state index < -0.39 is 22.8 Å². The van der Waals surface area contributed by atoms with Gasteiger partial charge in [-0.1, -0.05) is 12.1 Å². The molecule has 0 spiro atoms. The van der Waals surface area contributed by atoms with Crippen LogP contribution >= 0.6 is 11.3 Å². The lowest BCUT2D eigenvalue weighted by Gasteiger charge is -2.14. The minimum atomic E-state index is -0.994. The van der Waals surface area contributed by atoms with E-state index in [0.717, 1.165) is 36.1 Å². The lowest BCUT2D eigenvalue weighted by Crippen LogP contribution is -2.31. The Kier molecular flexibility index (Phi) is 5.41. The number of carbonyl (C=O) groups is 2. The van der Waals surface area contributed by atoms with E-state index in [4.69, 9.17) is 10.5 Å². The zero-order chi connectivity index (χ0) is 19.6. The molecule has 1 aromatic carbocycles. The summed E-state index contributed by atoms with van der Waals surface area (Å²) in [6, 6.07) is 5.84. The highest BCUT2D eigenvalue weighted by Crippen LogP contribution is 2.38. The maximum atomic E-state index is 12.5. The van der Waals surface area contributed by atoms with Gasteiger partial charge in [-0.25, -0.2) is 0 Å². The number of aryl methyl sites for hydroxylation is 1. The number of thiophene rings is 1. The van der Waals surface area contributed by atoms with Gasteiger partial charge >= 0.3 is 5.69 Å². The molecule has 0 aliphatic heterocycles. The van der Waals surface area contributed by atoms with Gasteiger partial charge in [0.25, 0.3) is 11.8 Å². The molecule has 0 bridgehead atoms. The van der Waals surface area contributed by atoms with E-state index in [1.165, 1.54) is 36.5 Å². The van der Waals surface area contributed by atoms with Crippen molar-refractivity contribution in [2.24, 2.45) is 5.73 Å². The number of ether oxygens (including phenoxy) is 1. The molecular formula is C18H19N3O5S. The predicted octanol–water partition coefficient (Wildman–Crippen LogP) is 3.04. The maximum Gasteiger partial charge on any atom is 0.310 e. The van der Waals surface area contributed by atoms with Gasteiger partial charge in [0.05, 0.1) is 10.5 Å². The van der Waals surface area contributed by atoms with Gasteiger partial charge in [-0.2, -0.15) is 0 Å². The Morgan fingerprint density at radius 3 is 2.70 bits per heavy atom. The molecule has 0 radical (unpaired) electrons. The van der Waals surface area contributed by atoms with Gasteiger partial charge < -0.3 is 15.8 Å². The summed E-state index contributed by atoms with van der Waals surface area (Å²) < 4.78 is 5.48. The molecule has 2 amide bonds. The number of rotatable bonds is 6. The van der Waals surface area contributed by atoms with Gasteiger partial charge in [0.15, 0.2) is 11.9 Å². The van der Waals surface area contributed by atoms with Gasteiger partial charge in [-0.05, 0) is 44.2 Å². The average molecular weight is 389 g/mol. The van der Waals surface area contributed by atoms with Crippen molar-refractivity contribution < 1.29 is 19.2 Å². The number of benzene rings is 1. The summed E-state index contributed by atoms with van der Waals surface area (Å²) in [5.41, 5.74) is 6.58. The summed E-state index contributed by atoms with van der Waals surface area (Å²) in [6.45, 7) is 1.49. The van der Waals surface area contributed by atoms with Crippen LogP contribution in [-0.2, 0) is 17.6 Å². The number of fused-ring (bicyclic) bond motifs is 1. The highest BCUT2D eigenvalue weighted by Gasteiger charge is 2.27. The van der Waals surface area contributed by atoms with Crippen molar-refractivity contribution in [2.45, 2.75) is 38.7 Å². The second-order valence-corrected chi connectivity index (χ2v) is 7.36. The number of nitrogens with one attached hydrogen (secondary N) is 1. The Morgan fingerprint density at radius 2 is 2.00 bits per heavy atom. The van der Waals surface area contributed by atoms with Crippen LogP contribution in [0.4, 0.5) is 10.7 Å². The first-order valence-electron chi connectivity index (χ1n) is 8.53. The van der Waals surface area contributed by atoms with Crippen molar-refractivity contribution >= 4 is 33.8 Å². The molecule has 0 saturated carbocycles. The van der Waals surface area contributed by atoms with E-state index in [0.29, 0.717) is 10.6 Å². The number of anilines is 1. The fraction of sp³-hybridized carbons (Fsp3) is 0.333. The van der Waals surface area contributed by atoms with Crippen LogP contribution in [0, 0.1) is 10.1 Å². The number of amides is 2. The van der Waals surface area contributed by atoms with Gasteiger partial charge in [-0.15, -0.1) is 11.3 Å². The molecule has 1 aliphatic rings. The lowest BCUT2D eigenvalue weighted by molar-refractivity contribution is -0.386. The van der Waals surface area contributed by atoms with Crippen molar-refractivity contribution in [1.29, 1.82) is 0 Å². The molecule has 1 aliphatic carbocycles. The third kappa shape index (κ3) is 3.92. The zero-order valence-corrected chi connectivity index (χ0v) is 15.5. The monoisotopic (exact) mass is 389 g/mol. The van der Waals surface area contributed by atoms with Crippen LogP contribution < -0.4 is 15.8 Å². The van der Waals surface area contributed by atoms with Crippen LogP contribution in [0.1, 0.15) is 40.6 Å². The molecule has 1 atom stereocenters. The highest BCUT2D eigenvalue weighted by molar-refractivity contribution is 7.17. The number of nitrogens with zero attached hydrogens (tertiary/aromatic N) is 1. The second-order valence-electron chi connectivity index (χ2n) is 6.25. The van der Waals surface area contributed by atoms with E-state index in [-0.39, 0.29) is 11.4 Å². The Bertz CT molecular complexity index is 908. The van der Waals surface area contributed by atoms with E-state index in [1.54, 1.807) is 6.07 Å². The van der Waals surface area contributed by atoms with Gasteiger partial charge in [0.2, 0.25) is 0 Å². The number of carbonyl (C=O) groups excluding carboxylic acids is 2. The van der Waals surface area contributed by atoms with Gasteiger partial charge in [0, 0.05) is 10.9 Å². The number of primary amides is 1. The fourth-order valence-corrected chi connectivity index (χ4v) is 4.38. The van der Waals surface area contributed by atoms with Gasteiger partial charge in [0.1, 0.15) is 5.00 Å². The first kappa shape index (κ1) is 18.8. The molecule has 1 unspecified atom stereocenters. The molecule has 3 N–H and O–H groups in total. The second kappa shape index (κ2) is 7.75. The van der Waals surface area contributed by atoms with Crippen LogP contribution in [0.2, 0.25) is 0 Å². The number of para-hydroxylation sites is 2. The van der Waals surface area contributed by atoms with Crippen LogP contribution in [0.3, 0.4) is 0 Å². The largest absolute Gasteiger partial charge is 0.474 e. The molecule has 27 heavy (non-hydrogen) atoms. The summed E-state index contributed by atoms with van der Waals surface area (Å²) in [5.74, 6) is -1.07. The summed E-state index contributed by atoms with van der Waals surface area (Å²) in [4.78, 5) is 36.0. The Balaban J connectivity index is 1.79. The van der Waals surface area contributed by atoms with Crippen molar-refractivity contribution in [1.82, 2.24) is 0 Å². The number of hydrogen-bond acceptors (Lipinski definition) is 6. The van der Waals surface area contributed by atoms with E-state index in [2.05, 4.69) is 5.32 Å². The number of hydrogen-bond donors (Lipinski definition) is 2. The molecule has 9 heteroatoms. The fourth-order valence-electron chi connectivity index (χ4n) is 3.08. The lowest BCUT2D eigenvalue weighted by atomic mass is 9.95. The first-order valence-corrected chi connectivity index (χ1v) is 9.35. The Morgan fingerprint density at radius 1 is 1.30 bits per heavy atom. The van der Waals surface area contributed by atoms with Crippen LogP contribution in [-0.4, -0.2) is 22.8 Å². The maximum absolute atomic E-state index is 12.5. The molecule has 3 rings (SSSR count). The highest BCUT2D eigenvalue weighted by atomic mass is 32.1.